The molecule has 0 fully saturated rings. The molecular formula is C19H14N4O. The van der Waals surface area contributed by atoms with Gasteiger partial charge in [-0.2, -0.15) is 5.10 Å². The predicted molar refractivity (Wildman–Crippen MR) is 93.7 cm³/mol. The largest absolute Gasteiger partial charge is 0.322 e. The normalized spacial score (nSPS) is 10.7. The van der Waals surface area contributed by atoms with Crippen LogP contribution in [-0.2, 0) is 0 Å². The lowest BCUT2D eigenvalue weighted by atomic mass is 10.1. The molecule has 2 aromatic heterocycles. The standard InChI is InChI=1S/C19H14N4O/c24-19(22-17-7-6-14-12-21-23-18(14)9-17)16-8-15(10-20-11-16)13-4-2-1-3-5-13/h1-12H,(H,21,23)(H,22,24). The molecule has 0 atom stereocenters. The van der Waals surface area contributed by atoms with E-state index >= 15 is 0 Å². The van der Waals surface area contributed by atoms with Gasteiger partial charge < -0.3 is 5.32 Å². The molecule has 0 aliphatic heterocycles. The number of amides is 1. The van der Waals surface area contributed by atoms with Gasteiger partial charge in [-0.1, -0.05) is 30.3 Å². The number of benzene rings is 2. The Morgan fingerprint density at radius 3 is 2.67 bits per heavy atom. The quantitative estimate of drug-likeness (QED) is 0.603. The van der Waals surface area contributed by atoms with Crippen molar-refractivity contribution in [2.75, 3.05) is 5.32 Å². The number of nitrogens with one attached hydrogen (secondary N) is 2. The second kappa shape index (κ2) is 5.96. The smallest absolute Gasteiger partial charge is 0.257 e. The van der Waals surface area contributed by atoms with Crippen LogP contribution in [0.4, 0.5) is 5.69 Å². The molecule has 0 unspecified atom stereocenters. The van der Waals surface area contributed by atoms with Gasteiger partial charge in [-0.15, -0.1) is 0 Å². The van der Waals surface area contributed by atoms with E-state index in [1.165, 1.54) is 0 Å². The van der Waals surface area contributed by atoms with Crippen molar-refractivity contribution in [1.29, 1.82) is 0 Å². The first-order chi connectivity index (χ1) is 11.8. The molecule has 116 valence electrons. The van der Waals surface area contributed by atoms with Crippen LogP contribution >= 0.6 is 0 Å². The molecule has 0 radical (unpaired) electrons. The Morgan fingerprint density at radius 2 is 1.79 bits per heavy atom. The van der Waals surface area contributed by atoms with Crippen molar-refractivity contribution in [3.8, 4) is 11.1 Å². The van der Waals surface area contributed by atoms with Crippen LogP contribution in [0.3, 0.4) is 0 Å². The molecule has 2 heterocycles. The molecule has 1 amide bonds. The molecule has 0 aliphatic carbocycles. The zero-order valence-electron chi connectivity index (χ0n) is 12.7. The first-order valence-corrected chi connectivity index (χ1v) is 7.54. The lowest BCUT2D eigenvalue weighted by molar-refractivity contribution is 0.102. The number of carbonyl (C=O) groups excluding carboxylic acids is 1. The summed E-state index contributed by atoms with van der Waals surface area (Å²) in [6, 6.07) is 17.3. The van der Waals surface area contributed by atoms with Gasteiger partial charge in [0, 0.05) is 29.0 Å². The third-order valence-corrected chi connectivity index (χ3v) is 3.81. The fourth-order valence-corrected chi connectivity index (χ4v) is 2.57. The van der Waals surface area contributed by atoms with Crippen molar-refractivity contribution in [1.82, 2.24) is 15.2 Å². The van der Waals surface area contributed by atoms with Gasteiger partial charge in [-0.25, -0.2) is 0 Å². The van der Waals surface area contributed by atoms with Gasteiger partial charge in [-0.05, 0) is 29.8 Å². The Hall–Kier alpha value is -3.47. The molecule has 0 aliphatic rings. The Kier molecular flexibility index (Phi) is 3.51. The maximum Gasteiger partial charge on any atom is 0.257 e. The summed E-state index contributed by atoms with van der Waals surface area (Å²) < 4.78 is 0. The predicted octanol–water partition coefficient (Wildman–Crippen LogP) is 3.88. The SMILES string of the molecule is O=C(Nc1ccc2cn[nH]c2c1)c1cncc(-c2ccccc2)c1. The molecule has 2 N–H and O–H groups in total. The molecule has 5 nitrogen and oxygen atoms in total. The summed E-state index contributed by atoms with van der Waals surface area (Å²) in [6.07, 6.45) is 5.06. The first-order valence-electron chi connectivity index (χ1n) is 7.54. The van der Waals surface area contributed by atoms with Gasteiger partial charge in [0.15, 0.2) is 0 Å². The van der Waals surface area contributed by atoms with E-state index in [4.69, 9.17) is 0 Å². The second-order valence-corrected chi connectivity index (χ2v) is 5.45. The highest BCUT2D eigenvalue weighted by molar-refractivity contribution is 6.05. The average molecular weight is 314 g/mol. The molecule has 0 bridgehead atoms. The van der Waals surface area contributed by atoms with Crippen LogP contribution in [0.15, 0.2) is 73.2 Å². The highest BCUT2D eigenvalue weighted by atomic mass is 16.1. The third kappa shape index (κ3) is 2.75. The van der Waals surface area contributed by atoms with Gasteiger partial charge in [0.1, 0.15) is 0 Å². The van der Waals surface area contributed by atoms with Crippen LogP contribution in [0.5, 0.6) is 0 Å². The molecule has 4 aromatic rings. The molecule has 0 spiro atoms. The molecule has 4 rings (SSSR count). The number of anilines is 1. The third-order valence-electron chi connectivity index (χ3n) is 3.81. The average Bonchev–Trinajstić information content (AvgIpc) is 3.10. The Bertz CT molecular complexity index is 1010. The summed E-state index contributed by atoms with van der Waals surface area (Å²) >= 11 is 0. The lowest BCUT2D eigenvalue weighted by Crippen LogP contribution is -2.12. The van der Waals surface area contributed by atoms with Crippen molar-refractivity contribution >= 4 is 22.5 Å². The van der Waals surface area contributed by atoms with Crippen LogP contribution in [0.1, 0.15) is 10.4 Å². The number of H-pyrrole nitrogens is 1. The number of aromatic nitrogens is 3. The first kappa shape index (κ1) is 14.1. The van der Waals surface area contributed by atoms with Crippen LogP contribution in [0.25, 0.3) is 22.0 Å². The van der Waals surface area contributed by atoms with E-state index in [0.717, 1.165) is 22.0 Å². The summed E-state index contributed by atoms with van der Waals surface area (Å²) in [4.78, 5) is 16.7. The summed E-state index contributed by atoms with van der Waals surface area (Å²) in [6.45, 7) is 0. The van der Waals surface area contributed by atoms with E-state index in [2.05, 4.69) is 20.5 Å². The van der Waals surface area contributed by atoms with Crippen LogP contribution in [0, 0.1) is 0 Å². The maximum absolute atomic E-state index is 12.5. The van der Waals surface area contributed by atoms with Gasteiger partial charge >= 0.3 is 0 Å². The molecule has 5 heteroatoms. The minimum atomic E-state index is -0.195. The van der Waals surface area contributed by atoms with E-state index in [1.54, 1.807) is 18.6 Å². The number of carbonyl (C=O) groups is 1. The number of rotatable bonds is 3. The van der Waals surface area contributed by atoms with E-state index in [-0.39, 0.29) is 5.91 Å². The Balaban J connectivity index is 1.60. The minimum absolute atomic E-state index is 0.195. The van der Waals surface area contributed by atoms with Crippen LogP contribution in [-0.4, -0.2) is 21.1 Å². The number of fused-ring (bicyclic) bond motifs is 1. The molecule has 2 aromatic carbocycles. The molecule has 0 saturated carbocycles. The highest BCUT2D eigenvalue weighted by Gasteiger charge is 2.09. The summed E-state index contributed by atoms with van der Waals surface area (Å²) in [7, 11) is 0. The zero-order valence-corrected chi connectivity index (χ0v) is 12.7. The topological polar surface area (TPSA) is 70.7 Å². The molecule has 24 heavy (non-hydrogen) atoms. The number of aromatic amines is 1. The van der Waals surface area contributed by atoms with Crippen molar-refractivity contribution in [2.45, 2.75) is 0 Å². The maximum atomic E-state index is 12.5. The summed E-state index contributed by atoms with van der Waals surface area (Å²) in [5.41, 5.74) is 4.04. The fraction of sp³-hybridized carbons (Fsp3) is 0. The minimum Gasteiger partial charge on any atom is -0.322 e. The van der Waals surface area contributed by atoms with Crippen LogP contribution < -0.4 is 5.32 Å². The number of pyridine rings is 1. The van der Waals surface area contributed by atoms with E-state index in [0.29, 0.717) is 11.3 Å². The molecular weight excluding hydrogens is 300 g/mol. The second-order valence-electron chi connectivity index (χ2n) is 5.45. The van der Waals surface area contributed by atoms with Crippen molar-refractivity contribution in [3.05, 3.63) is 78.8 Å². The van der Waals surface area contributed by atoms with Gasteiger partial charge in [-0.3, -0.25) is 14.9 Å². The van der Waals surface area contributed by atoms with E-state index in [9.17, 15) is 4.79 Å². The number of hydrogen-bond donors (Lipinski definition) is 2. The lowest BCUT2D eigenvalue weighted by Gasteiger charge is -2.07. The van der Waals surface area contributed by atoms with Crippen molar-refractivity contribution in [3.63, 3.8) is 0 Å². The fourth-order valence-electron chi connectivity index (χ4n) is 2.57. The van der Waals surface area contributed by atoms with E-state index < -0.39 is 0 Å². The zero-order chi connectivity index (χ0) is 16.4. The van der Waals surface area contributed by atoms with Crippen LogP contribution in [0.2, 0.25) is 0 Å². The number of nitrogens with zero attached hydrogens (tertiary/aromatic N) is 2. The Labute approximate surface area is 138 Å². The van der Waals surface area contributed by atoms with Crippen molar-refractivity contribution < 1.29 is 4.79 Å². The summed E-state index contributed by atoms with van der Waals surface area (Å²) in [5.74, 6) is -0.195. The Morgan fingerprint density at radius 1 is 0.917 bits per heavy atom. The molecule has 0 saturated heterocycles. The van der Waals surface area contributed by atoms with E-state index in [1.807, 2.05) is 54.6 Å². The van der Waals surface area contributed by atoms with Gasteiger partial charge in [0.05, 0.1) is 17.3 Å². The van der Waals surface area contributed by atoms with Gasteiger partial charge in [0.2, 0.25) is 0 Å². The monoisotopic (exact) mass is 314 g/mol. The summed E-state index contributed by atoms with van der Waals surface area (Å²) in [5, 5.41) is 10.8. The highest BCUT2D eigenvalue weighted by Crippen LogP contribution is 2.20. The van der Waals surface area contributed by atoms with Gasteiger partial charge in [0.25, 0.3) is 5.91 Å². The number of hydrogen-bond acceptors (Lipinski definition) is 3. The van der Waals surface area contributed by atoms with Crippen molar-refractivity contribution in [2.24, 2.45) is 0 Å².